The van der Waals surface area contributed by atoms with E-state index in [1.807, 2.05) is 0 Å². The van der Waals surface area contributed by atoms with Gasteiger partial charge in [-0.1, -0.05) is 45.8 Å². The molecule has 0 radical (unpaired) electrons. The average molecular weight is 349 g/mol. The van der Waals surface area contributed by atoms with Crippen LogP contribution in [0.1, 0.15) is 29.7 Å². The minimum atomic E-state index is -0.392. The number of nitro benzene ring substituents is 1. The summed E-state index contributed by atoms with van der Waals surface area (Å²) in [6.45, 7) is 4.81. The lowest BCUT2D eigenvalue weighted by molar-refractivity contribution is -0.384. The topological polar surface area (TPSA) is 55.2 Å². The normalized spacial score (nSPS) is 12.1. The van der Waals surface area contributed by atoms with Gasteiger partial charge in [0.15, 0.2) is 0 Å². The third-order valence-electron chi connectivity index (χ3n) is 3.42. The van der Waals surface area contributed by atoms with E-state index >= 15 is 0 Å². The smallest absolute Gasteiger partial charge is 0.270 e. The van der Waals surface area contributed by atoms with E-state index in [0.29, 0.717) is 6.54 Å². The lowest BCUT2D eigenvalue weighted by atomic mass is 10.1. The quantitative estimate of drug-likeness (QED) is 0.638. The zero-order valence-corrected chi connectivity index (χ0v) is 13.6. The largest absolute Gasteiger partial charge is 0.306 e. The summed E-state index contributed by atoms with van der Waals surface area (Å²) < 4.78 is 0.750. The summed E-state index contributed by atoms with van der Waals surface area (Å²) in [4.78, 5) is 10.3. The molecule has 0 saturated heterocycles. The summed E-state index contributed by atoms with van der Waals surface area (Å²) >= 11 is 3.39. The standard InChI is InChI=1S/C16H17BrN2O2/c1-11-3-5-13(6-4-11)12(2)18-10-14-7-8-15(19(20)21)9-16(14)17/h3-9,12,18H,10H2,1-2H3/t12-/m1/s1. The highest BCUT2D eigenvalue weighted by molar-refractivity contribution is 9.10. The van der Waals surface area contributed by atoms with Gasteiger partial charge < -0.3 is 5.32 Å². The van der Waals surface area contributed by atoms with Gasteiger partial charge in [0.2, 0.25) is 0 Å². The molecule has 5 heteroatoms. The molecule has 0 aliphatic rings. The minimum absolute atomic E-state index is 0.0946. The number of nitrogens with zero attached hydrogens (tertiary/aromatic N) is 1. The van der Waals surface area contributed by atoms with Gasteiger partial charge in [-0.25, -0.2) is 0 Å². The highest BCUT2D eigenvalue weighted by Gasteiger charge is 2.10. The molecule has 21 heavy (non-hydrogen) atoms. The number of aryl methyl sites for hydroxylation is 1. The fourth-order valence-corrected chi connectivity index (χ4v) is 2.54. The van der Waals surface area contributed by atoms with Gasteiger partial charge in [0.25, 0.3) is 5.69 Å². The van der Waals surface area contributed by atoms with Crippen molar-refractivity contribution in [2.24, 2.45) is 0 Å². The predicted molar refractivity (Wildman–Crippen MR) is 87.2 cm³/mol. The molecule has 0 aliphatic heterocycles. The van der Waals surface area contributed by atoms with E-state index in [-0.39, 0.29) is 11.7 Å². The Morgan fingerprint density at radius 1 is 1.24 bits per heavy atom. The predicted octanol–water partition coefficient (Wildman–Crippen LogP) is 4.52. The molecule has 0 aliphatic carbocycles. The zero-order chi connectivity index (χ0) is 15.4. The van der Waals surface area contributed by atoms with Crippen molar-refractivity contribution in [1.82, 2.24) is 5.32 Å². The van der Waals surface area contributed by atoms with Crippen LogP contribution < -0.4 is 5.32 Å². The van der Waals surface area contributed by atoms with Crippen LogP contribution in [0.4, 0.5) is 5.69 Å². The molecule has 0 unspecified atom stereocenters. The Bertz CT molecular complexity index is 641. The Morgan fingerprint density at radius 3 is 2.48 bits per heavy atom. The first-order valence-electron chi connectivity index (χ1n) is 6.70. The summed E-state index contributed by atoms with van der Waals surface area (Å²) in [5, 5.41) is 14.1. The fourth-order valence-electron chi connectivity index (χ4n) is 2.03. The first kappa shape index (κ1) is 15.7. The highest BCUT2D eigenvalue weighted by Crippen LogP contribution is 2.23. The molecular formula is C16H17BrN2O2. The SMILES string of the molecule is Cc1ccc([C@@H](C)NCc2ccc([N+](=O)[O-])cc2Br)cc1. The van der Waals surface area contributed by atoms with Gasteiger partial charge in [0.05, 0.1) is 4.92 Å². The first-order chi connectivity index (χ1) is 9.97. The van der Waals surface area contributed by atoms with Crippen molar-refractivity contribution in [2.45, 2.75) is 26.4 Å². The van der Waals surface area contributed by atoms with E-state index in [1.165, 1.54) is 23.3 Å². The maximum atomic E-state index is 10.7. The molecule has 0 heterocycles. The van der Waals surface area contributed by atoms with Crippen LogP contribution >= 0.6 is 15.9 Å². The molecule has 2 aromatic rings. The molecule has 0 bridgehead atoms. The van der Waals surface area contributed by atoms with Crippen molar-refractivity contribution in [3.63, 3.8) is 0 Å². The van der Waals surface area contributed by atoms with Crippen molar-refractivity contribution in [1.29, 1.82) is 0 Å². The van der Waals surface area contributed by atoms with Crippen LogP contribution in [0, 0.1) is 17.0 Å². The number of benzene rings is 2. The summed E-state index contributed by atoms with van der Waals surface area (Å²) in [5.74, 6) is 0. The molecule has 1 N–H and O–H groups in total. The van der Waals surface area contributed by atoms with Gasteiger partial charge in [0, 0.05) is 29.2 Å². The second kappa shape index (κ2) is 6.83. The van der Waals surface area contributed by atoms with Crippen LogP contribution in [0.2, 0.25) is 0 Å². The van der Waals surface area contributed by atoms with Gasteiger partial charge >= 0.3 is 0 Å². The lowest BCUT2D eigenvalue weighted by Crippen LogP contribution is -2.18. The van der Waals surface area contributed by atoms with Crippen LogP contribution in [0.15, 0.2) is 46.9 Å². The molecule has 0 fully saturated rings. The number of halogens is 1. The molecule has 2 aromatic carbocycles. The maximum absolute atomic E-state index is 10.7. The van der Waals surface area contributed by atoms with Gasteiger partial charge in [-0.05, 0) is 31.0 Å². The van der Waals surface area contributed by atoms with Crippen LogP contribution in [0.5, 0.6) is 0 Å². The van der Waals surface area contributed by atoms with Crippen molar-refractivity contribution in [3.8, 4) is 0 Å². The second-order valence-corrected chi connectivity index (χ2v) is 5.90. The second-order valence-electron chi connectivity index (χ2n) is 5.05. The summed E-state index contributed by atoms with van der Waals surface area (Å²) in [6, 6.07) is 13.5. The van der Waals surface area contributed by atoms with Gasteiger partial charge in [-0.15, -0.1) is 0 Å². The summed E-state index contributed by atoms with van der Waals surface area (Å²) in [7, 11) is 0. The third kappa shape index (κ3) is 4.12. The Labute approximate surface area is 132 Å². The Morgan fingerprint density at radius 2 is 1.90 bits per heavy atom. The van der Waals surface area contributed by atoms with Crippen LogP contribution in [0.3, 0.4) is 0 Å². The van der Waals surface area contributed by atoms with E-state index in [2.05, 4.69) is 59.4 Å². The zero-order valence-electron chi connectivity index (χ0n) is 12.0. The van der Waals surface area contributed by atoms with Crippen LogP contribution in [-0.2, 0) is 6.54 Å². The Hall–Kier alpha value is -1.72. The monoisotopic (exact) mass is 348 g/mol. The van der Waals surface area contributed by atoms with Crippen molar-refractivity contribution < 1.29 is 4.92 Å². The number of nitrogens with one attached hydrogen (secondary N) is 1. The number of rotatable bonds is 5. The molecule has 1 atom stereocenters. The van der Waals surface area contributed by atoms with Crippen LogP contribution in [0.25, 0.3) is 0 Å². The van der Waals surface area contributed by atoms with E-state index < -0.39 is 4.92 Å². The van der Waals surface area contributed by atoms with Gasteiger partial charge in [-0.2, -0.15) is 0 Å². The van der Waals surface area contributed by atoms with Gasteiger partial charge in [0.1, 0.15) is 0 Å². The Kier molecular flexibility index (Phi) is 5.09. The molecular weight excluding hydrogens is 332 g/mol. The molecule has 0 amide bonds. The first-order valence-corrected chi connectivity index (χ1v) is 7.49. The van der Waals surface area contributed by atoms with Crippen LogP contribution in [-0.4, -0.2) is 4.92 Å². The third-order valence-corrected chi connectivity index (χ3v) is 4.16. The molecule has 0 spiro atoms. The van der Waals surface area contributed by atoms with E-state index in [1.54, 1.807) is 6.07 Å². The minimum Gasteiger partial charge on any atom is -0.306 e. The average Bonchev–Trinajstić information content (AvgIpc) is 2.46. The van der Waals surface area contributed by atoms with Crippen molar-refractivity contribution in [2.75, 3.05) is 0 Å². The lowest BCUT2D eigenvalue weighted by Gasteiger charge is -2.15. The number of hydrogen-bond acceptors (Lipinski definition) is 3. The Balaban J connectivity index is 2.02. The van der Waals surface area contributed by atoms with E-state index in [4.69, 9.17) is 0 Å². The van der Waals surface area contributed by atoms with Crippen molar-refractivity contribution >= 4 is 21.6 Å². The number of nitro groups is 1. The van der Waals surface area contributed by atoms with Crippen molar-refractivity contribution in [3.05, 3.63) is 73.7 Å². The number of non-ortho nitro benzene ring substituents is 1. The van der Waals surface area contributed by atoms with E-state index in [9.17, 15) is 10.1 Å². The van der Waals surface area contributed by atoms with Gasteiger partial charge in [-0.3, -0.25) is 10.1 Å². The number of hydrogen-bond donors (Lipinski definition) is 1. The highest BCUT2D eigenvalue weighted by atomic mass is 79.9. The molecule has 0 aromatic heterocycles. The molecule has 0 saturated carbocycles. The molecule has 4 nitrogen and oxygen atoms in total. The van der Waals surface area contributed by atoms with E-state index in [0.717, 1.165) is 10.0 Å². The summed E-state index contributed by atoms with van der Waals surface area (Å²) in [6.07, 6.45) is 0. The molecule has 2 rings (SSSR count). The fraction of sp³-hybridized carbons (Fsp3) is 0.250. The summed E-state index contributed by atoms with van der Waals surface area (Å²) in [5.41, 5.74) is 3.56. The molecule has 110 valence electrons. The maximum Gasteiger partial charge on any atom is 0.270 e.